The minimum Gasteiger partial charge on any atom is -0.454 e. The van der Waals surface area contributed by atoms with Crippen molar-refractivity contribution in [2.24, 2.45) is 0 Å². The van der Waals surface area contributed by atoms with Gasteiger partial charge in [0.05, 0.1) is 15.2 Å². The maximum absolute atomic E-state index is 6.20. The summed E-state index contributed by atoms with van der Waals surface area (Å²) in [5.74, 6) is 1.53. The predicted molar refractivity (Wildman–Crippen MR) is 91.8 cm³/mol. The van der Waals surface area contributed by atoms with Gasteiger partial charge in [0.15, 0.2) is 11.5 Å². The number of hydrogen-bond acceptors (Lipinski definition) is 3. The highest BCUT2D eigenvalue weighted by Crippen LogP contribution is 2.40. The zero-order valence-corrected chi connectivity index (χ0v) is 14.8. The van der Waals surface area contributed by atoms with E-state index in [1.807, 2.05) is 30.3 Å². The lowest BCUT2D eigenvalue weighted by molar-refractivity contribution is 0.173. The fourth-order valence-electron chi connectivity index (χ4n) is 1.95. The fraction of sp³-hybridized carbons (Fsp3) is 0.143. The van der Waals surface area contributed by atoms with Crippen LogP contribution in [0.1, 0.15) is 5.56 Å². The zero-order chi connectivity index (χ0) is 14.1. The second kappa shape index (κ2) is 5.99. The third-order valence-electron chi connectivity index (χ3n) is 2.90. The average Bonchev–Trinajstić information content (AvgIpc) is 2.86. The average molecular weight is 467 g/mol. The number of benzene rings is 2. The van der Waals surface area contributed by atoms with E-state index < -0.39 is 0 Å². The van der Waals surface area contributed by atoms with Gasteiger partial charge in [-0.2, -0.15) is 0 Å². The van der Waals surface area contributed by atoms with E-state index in [0.29, 0.717) is 6.54 Å². The molecule has 0 amide bonds. The Labute approximate surface area is 143 Å². The van der Waals surface area contributed by atoms with Crippen molar-refractivity contribution < 1.29 is 9.47 Å². The lowest BCUT2D eigenvalue weighted by Gasteiger charge is -2.10. The molecule has 2 aromatic rings. The molecule has 20 heavy (non-hydrogen) atoms. The van der Waals surface area contributed by atoms with Crippen molar-refractivity contribution in [2.75, 3.05) is 12.1 Å². The van der Waals surface area contributed by atoms with Crippen LogP contribution in [-0.2, 0) is 6.54 Å². The summed E-state index contributed by atoms with van der Waals surface area (Å²) in [7, 11) is 0. The zero-order valence-electron chi connectivity index (χ0n) is 10.3. The van der Waals surface area contributed by atoms with Crippen molar-refractivity contribution in [3.05, 3.63) is 49.0 Å². The topological polar surface area (TPSA) is 30.5 Å². The summed E-state index contributed by atoms with van der Waals surface area (Å²) in [6.45, 7) is 0.934. The number of anilines is 1. The van der Waals surface area contributed by atoms with Gasteiger partial charge in [-0.25, -0.2) is 0 Å². The number of hydrogen-bond donors (Lipinski definition) is 1. The smallest absolute Gasteiger partial charge is 0.231 e. The van der Waals surface area contributed by atoms with E-state index in [1.165, 1.54) is 0 Å². The van der Waals surface area contributed by atoms with Gasteiger partial charge in [0, 0.05) is 10.1 Å². The number of nitrogens with one attached hydrogen (secondary N) is 1. The fourth-order valence-corrected chi connectivity index (χ4v) is 3.48. The van der Waals surface area contributed by atoms with Gasteiger partial charge in [-0.3, -0.25) is 0 Å². The SMILES string of the molecule is Clc1cc(I)ccc1NCc1cc(Br)c2c(c1)OCO2. The summed E-state index contributed by atoms with van der Waals surface area (Å²) < 4.78 is 12.8. The Morgan fingerprint density at radius 1 is 1.25 bits per heavy atom. The van der Waals surface area contributed by atoms with E-state index in [0.717, 1.165) is 35.8 Å². The number of halogens is 3. The van der Waals surface area contributed by atoms with Crippen LogP contribution in [0.2, 0.25) is 5.02 Å². The molecule has 0 bridgehead atoms. The third kappa shape index (κ3) is 2.99. The van der Waals surface area contributed by atoms with Gasteiger partial charge >= 0.3 is 0 Å². The van der Waals surface area contributed by atoms with Crippen LogP contribution < -0.4 is 14.8 Å². The first kappa shape index (κ1) is 14.3. The van der Waals surface area contributed by atoms with Gasteiger partial charge in [0.25, 0.3) is 0 Å². The van der Waals surface area contributed by atoms with E-state index in [1.54, 1.807) is 0 Å². The van der Waals surface area contributed by atoms with Crippen molar-refractivity contribution in [3.63, 3.8) is 0 Å². The first-order valence-electron chi connectivity index (χ1n) is 5.90. The number of rotatable bonds is 3. The molecule has 0 aliphatic carbocycles. The molecule has 0 aromatic heterocycles. The molecule has 1 aliphatic rings. The van der Waals surface area contributed by atoms with Crippen molar-refractivity contribution in [1.29, 1.82) is 0 Å². The Hall–Kier alpha value is -0.660. The molecule has 1 N–H and O–H groups in total. The van der Waals surface area contributed by atoms with Gasteiger partial charge in [0.2, 0.25) is 6.79 Å². The van der Waals surface area contributed by atoms with Gasteiger partial charge < -0.3 is 14.8 Å². The largest absolute Gasteiger partial charge is 0.454 e. The molecule has 104 valence electrons. The highest BCUT2D eigenvalue weighted by molar-refractivity contribution is 14.1. The Kier molecular flexibility index (Phi) is 4.28. The molecule has 0 radical (unpaired) electrons. The molecule has 0 saturated carbocycles. The van der Waals surface area contributed by atoms with Crippen molar-refractivity contribution in [1.82, 2.24) is 0 Å². The summed E-state index contributed by atoms with van der Waals surface area (Å²) >= 11 is 11.9. The van der Waals surface area contributed by atoms with Crippen LogP contribution in [0.3, 0.4) is 0 Å². The summed E-state index contributed by atoms with van der Waals surface area (Å²) in [4.78, 5) is 0. The third-order valence-corrected chi connectivity index (χ3v) is 4.47. The lowest BCUT2D eigenvalue weighted by Crippen LogP contribution is -2.00. The monoisotopic (exact) mass is 465 g/mol. The van der Waals surface area contributed by atoms with Crippen LogP contribution in [0.15, 0.2) is 34.8 Å². The molecule has 1 aliphatic heterocycles. The molecule has 6 heteroatoms. The van der Waals surface area contributed by atoms with Gasteiger partial charge in [0.1, 0.15) is 0 Å². The van der Waals surface area contributed by atoms with Crippen LogP contribution in [-0.4, -0.2) is 6.79 Å². The Morgan fingerprint density at radius 2 is 2.10 bits per heavy atom. The van der Waals surface area contributed by atoms with Crippen LogP contribution in [0.4, 0.5) is 5.69 Å². The van der Waals surface area contributed by atoms with Crippen molar-refractivity contribution in [3.8, 4) is 11.5 Å². The second-order valence-corrected chi connectivity index (χ2v) is 6.80. The Bertz CT molecular complexity index is 666. The summed E-state index contributed by atoms with van der Waals surface area (Å²) in [6, 6.07) is 9.91. The quantitative estimate of drug-likeness (QED) is 0.643. The van der Waals surface area contributed by atoms with Crippen LogP contribution in [0, 0.1) is 3.57 Å². The van der Waals surface area contributed by atoms with Gasteiger partial charge in [-0.1, -0.05) is 11.6 Å². The van der Waals surface area contributed by atoms with Gasteiger partial charge in [-0.05, 0) is 74.4 Å². The minimum atomic E-state index is 0.272. The van der Waals surface area contributed by atoms with E-state index in [-0.39, 0.29) is 6.79 Å². The molecule has 0 unspecified atom stereocenters. The first-order valence-corrected chi connectivity index (χ1v) is 8.15. The molecule has 0 fully saturated rings. The molecular formula is C14H10BrClINO2. The molecule has 0 saturated heterocycles. The van der Waals surface area contributed by atoms with E-state index in [9.17, 15) is 0 Å². The molecule has 3 nitrogen and oxygen atoms in total. The van der Waals surface area contributed by atoms with E-state index in [2.05, 4.69) is 43.8 Å². The first-order chi connectivity index (χ1) is 9.63. The minimum absolute atomic E-state index is 0.272. The Balaban J connectivity index is 1.77. The van der Waals surface area contributed by atoms with Crippen LogP contribution in [0.25, 0.3) is 0 Å². The second-order valence-electron chi connectivity index (χ2n) is 4.29. The molecule has 2 aromatic carbocycles. The van der Waals surface area contributed by atoms with E-state index in [4.69, 9.17) is 21.1 Å². The van der Waals surface area contributed by atoms with Crippen molar-refractivity contribution in [2.45, 2.75) is 6.54 Å². The molecular weight excluding hydrogens is 456 g/mol. The predicted octanol–water partition coefficient (Wildman–Crippen LogP) is 5.05. The Morgan fingerprint density at radius 3 is 2.90 bits per heavy atom. The maximum atomic E-state index is 6.20. The number of fused-ring (bicyclic) bond motifs is 1. The standard InChI is InChI=1S/C14H10BrClINO2/c15-10-3-8(4-13-14(10)20-7-19-13)6-18-12-2-1-9(17)5-11(12)16/h1-5,18H,6-7H2. The molecule has 1 heterocycles. The highest BCUT2D eigenvalue weighted by Gasteiger charge is 2.17. The van der Waals surface area contributed by atoms with Crippen LogP contribution in [0.5, 0.6) is 11.5 Å². The summed E-state index contributed by atoms with van der Waals surface area (Å²) in [5, 5.41) is 4.04. The maximum Gasteiger partial charge on any atom is 0.231 e. The summed E-state index contributed by atoms with van der Waals surface area (Å²) in [5.41, 5.74) is 2.01. The lowest BCUT2D eigenvalue weighted by atomic mass is 10.2. The molecule has 3 rings (SSSR count). The molecule has 0 atom stereocenters. The number of ether oxygens (including phenoxy) is 2. The molecule has 0 spiro atoms. The van der Waals surface area contributed by atoms with E-state index >= 15 is 0 Å². The van der Waals surface area contributed by atoms with Gasteiger partial charge in [-0.15, -0.1) is 0 Å². The van der Waals surface area contributed by atoms with Crippen LogP contribution >= 0.6 is 50.1 Å². The van der Waals surface area contributed by atoms with Crippen molar-refractivity contribution >= 4 is 55.8 Å². The summed E-state index contributed by atoms with van der Waals surface area (Å²) in [6.07, 6.45) is 0. The normalized spacial score (nSPS) is 12.6. The highest BCUT2D eigenvalue weighted by atomic mass is 127.